The first-order valence-electron chi connectivity index (χ1n) is 8.98. The second kappa shape index (κ2) is 7.53. The number of likely N-dealkylation sites (tertiary alicyclic amines) is 1. The van der Waals surface area contributed by atoms with Gasteiger partial charge in [-0.1, -0.05) is 11.6 Å². The van der Waals surface area contributed by atoms with Crippen LogP contribution in [0, 0.1) is 5.82 Å². The van der Waals surface area contributed by atoms with Gasteiger partial charge < -0.3 is 4.90 Å². The van der Waals surface area contributed by atoms with E-state index in [9.17, 15) is 9.18 Å². The lowest BCUT2D eigenvalue weighted by Crippen LogP contribution is -2.29. The molecule has 2 heterocycles. The minimum Gasteiger partial charge on any atom is -0.342 e. The molecule has 0 aliphatic carbocycles. The quantitative estimate of drug-likeness (QED) is 0.665. The molecular formula is C21H19ClFN3O. The summed E-state index contributed by atoms with van der Waals surface area (Å²) in [6.07, 6.45) is 4.25. The van der Waals surface area contributed by atoms with E-state index < -0.39 is 0 Å². The van der Waals surface area contributed by atoms with E-state index in [0.717, 1.165) is 37.2 Å². The lowest BCUT2D eigenvalue weighted by molar-refractivity contribution is -0.129. The average molecular weight is 384 g/mol. The maximum absolute atomic E-state index is 13.3. The summed E-state index contributed by atoms with van der Waals surface area (Å²) in [6, 6.07) is 13.6. The van der Waals surface area contributed by atoms with Crippen LogP contribution in [-0.2, 0) is 11.2 Å². The zero-order valence-electron chi connectivity index (χ0n) is 14.7. The molecule has 0 atom stereocenters. The summed E-state index contributed by atoms with van der Waals surface area (Å²) in [7, 11) is 0. The van der Waals surface area contributed by atoms with Crippen LogP contribution in [0.3, 0.4) is 0 Å². The Labute approximate surface area is 162 Å². The number of nitrogens with zero attached hydrogens (tertiary/aromatic N) is 3. The van der Waals surface area contributed by atoms with Crippen molar-refractivity contribution in [2.45, 2.75) is 19.3 Å². The number of amides is 1. The molecule has 0 bridgehead atoms. The van der Waals surface area contributed by atoms with Gasteiger partial charge >= 0.3 is 0 Å². The summed E-state index contributed by atoms with van der Waals surface area (Å²) in [5, 5.41) is 0.645. The highest BCUT2D eigenvalue weighted by Crippen LogP contribution is 2.25. The highest BCUT2D eigenvalue weighted by molar-refractivity contribution is 6.30. The third kappa shape index (κ3) is 3.88. The highest BCUT2D eigenvalue weighted by atomic mass is 35.5. The number of aromatic nitrogens is 2. The number of rotatable bonds is 4. The van der Waals surface area contributed by atoms with Crippen molar-refractivity contribution in [3.63, 3.8) is 0 Å². The van der Waals surface area contributed by atoms with Crippen molar-refractivity contribution in [2.75, 3.05) is 13.1 Å². The molecule has 0 saturated carbocycles. The van der Waals surface area contributed by atoms with Crippen molar-refractivity contribution in [1.29, 1.82) is 0 Å². The molecule has 4 rings (SSSR count). The fourth-order valence-electron chi connectivity index (χ4n) is 3.35. The van der Waals surface area contributed by atoms with Gasteiger partial charge in [-0.2, -0.15) is 0 Å². The van der Waals surface area contributed by atoms with Gasteiger partial charge in [0.2, 0.25) is 5.91 Å². The van der Waals surface area contributed by atoms with Gasteiger partial charge in [-0.15, -0.1) is 0 Å². The van der Waals surface area contributed by atoms with Crippen LogP contribution in [0.4, 0.5) is 4.39 Å². The average Bonchev–Trinajstić information content (AvgIpc) is 3.33. The lowest BCUT2D eigenvalue weighted by atomic mass is 10.2. The van der Waals surface area contributed by atoms with Gasteiger partial charge in [0.25, 0.3) is 0 Å². The molecule has 138 valence electrons. The standard InChI is InChI=1S/C21H19ClFN3O/c22-16-5-9-19(10-6-16)26-14-18(13-20(27)25-11-1-2-12-25)24-21(26)15-3-7-17(23)8-4-15/h3-10,14H,1-2,11-13H2. The van der Waals surface area contributed by atoms with Crippen LogP contribution in [0.5, 0.6) is 0 Å². The summed E-state index contributed by atoms with van der Waals surface area (Å²) < 4.78 is 15.2. The van der Waals surface area contributed by atoms with E-state index in [-0.39, 0.29) is 18.1 Å². The molecule has 3 aromatic rings. The largest absolute Gasteiger partial charge is 0.342 e. The topological polar surface area (TPSA) is 38.1 Å². The summed E-state index contributed by atoms with van der Waals surface area (Å²) >= 11 is 6.00. The monoisotopic (exact) mass is 383 g/mol. The molecule has 0 spiro atoms. The molecule has 0 unspecified atom stereocenters. The third-order valence-corrected chi connectivity index (χ3v) is 5.01. The van der Waals surface area contributed by atoms with Crippen LogP contribution in [0.15, 0.2) is 54.7 Å². The molecule has 1 aliphatic rings. The molecule has 0 radical (unpaired) electrons. The van der Waals surface area contributed by atoms with E-state index in [0.29, 0.717) is 16.5 Å². The molecule has 1 aliphatic heterocycles. The third-order valence-electron chi connectivity index (χ3n) is 4.75. The van der Waals surface area contributed by atoms with E-state index >= 15 is 0 Å². The van der Waals surface area contributed by atoms with Crippen molar-refractivity contribution in [3.8, 4) is 17.1 Å². The number of carbonyl (C=O) groups is 1. The van der Waals surface area contributed by atoms with Crippen LogP contribution >= 0.6 is 11.6 Å². The second-order valence-electron chi connectivity index (χ2n) is 6.67. The fourth-order valence-corrected chi connectivity index (χ4v) is 3.47. The van der Waals surface area contributed by atoms with Gasteiger partial charge in [0.05, 0.1) is 12.1 Å². The molecule has 2 aromatic carbocycles. The first-order valence-corrected chi connectivity index (χ1v) is 9.36. The zero-order chi connectivity index (χ0) is 18.8. The molecule has 1 aromatic heterocycles. The van der Waals surface area contributed by atoms with Gasteiger partial charge in [-0.05, 0) is 61.4 Å². The van der Waals surface area contributed by atoms with Gasteiger partial charge in [-0.25, -0.2) is 9.37 Å². The molecule has 27 heavy (non-hydrogen) atoms. The van der Waals surface area contributed by atoms with Crippen molar-refractivity contribution in [3.05, 3.63) is 71.3 Å². The maximum atomic E-state index is 13.3. The first-order chi connectivity index (χ1) is 13.1. The molecule has 1 amide bonds. The number of imidazole rings is 1. The number of hydrogen-bond donors (Lipinski definition) is 0. The Morgan fingerprint density at radius 1 is 1.04 bits per heavy atom. The van der Waals surface area contributed by atoms with E-state index in [1.165, 1.54) is 12.1 Å². The minimum absolute atomic E-state index is 0.0962. The fraction of sp³-hybridized carbons (Fsp3) is 0.238. The maximum Gasteiger partial charge on any atom is 0.228 e. The Balaban J connectivity index is 1.71. The SMILES string of the molecule is O=C(Cc1cn(-c2ccc(Cl)cc2)c(-c2ccc(F)cc2)n1)N1CCCC1. The van der Waals surface area contributed by atoms with Crippen LogP contribution in [0.1, 0.15) is 18.5 Å². The van der Waals surface area contributed by atoms with Gasteiger partial charge in [-0.3, -0.25) is 9.36 Å². The predicted molar refractivity (Wildman–Crippen MR) is 103 cm³/mol. The molecule has 4 nitrogen and oxygen atoms in total. The van der Waals surface area contributed by atoms with Gasteiger partial charge in [0.1, 0.15) is 11.6 Å². The molecule has 1 saturated heterocycles. The molecular weight excluding hydrogens is 365 g/mol. The second-order valence-corrected chi connectivity index (χ2v) is 7.11. The minimum atomic E-state index is -0.298. The van der Waals surface area contributed by atoms with Crippen molar-refractivity contribution in [1.82, 2.24) is 14.5 Å². The summed E-state index contributed by atoms with van der Waals surface area (Å²) in [6.45, 7) is 1.64. The van der Waals surface area contributed by atoms with E-state index in [4.69, 9.17) is 11.6 Å². The highest BCUT2D eigenvalue weighted by Gasteiger charge is 2.20. The van der Waals surface area contributed by atoms with Crippen LogP contribution < -0.4 is 0 Å². The number of benzene rings is 2. The van der Waals surface area contributed by atoms with Gasteiger partial charge in [0.15, 0.2) is 0 Å². The van der Waals surface area contributed by atoms with E-state index in [2.05, 4.69) is 4.98 Å². The first kappa shape index (κ1) is 17.7. The summed E-state index contributed by atoms with van der Waals surface area (Å²) in [5.41, 5.74) is 2.36. The lowest BCUT2D eigenvalue weighted by Gasteiger charge is -2.13. The Morgan fingerprint density at radius 2 is 1.70 bits per heavy atom. The van der Waals surface area contributed by atoms with Crippen LogP contribution in [0.25, 0.3) is 17.1 Å². The Kier molecular flexibility index (Phi) is 4.94. The van der Waals surface area contributed by atoms with Crippen molar-refractivity contribution >= 4 is 17.5 Å². The zero-order valence-corrected chi connectivity index (χ0v) is 15.5. The van der Waals surface area contributed by atoms with Gasteiger partial charge in [0, 0.05) is 35.6 Å². The summed E-state index contributed by atoms with van der Waals surface area (Å²) in [5.74, 6) is 0.466. The molecule has 0 N–H and O–H groups in total. The van der Waals surface area contributed by atoms with Crippen LogP contribution in [0.2, 0.25) is 5.02 Å². The number of halogens is 2. The smallest absolute Gasteiger partial charge is 0.228 e. The molecule has 1 fully saturated rings. The van der Waals surface area contributed by atoms with E-state index in [1.807, 2.05) is 27.8 Å². The van der Waals surface area contributed by atoms with Crippen LogP contribution in [-0.4, -0.2) is 33.4 Å². The normalized spacial score (nSPS) is 13.9. The Morgan fingerprint density at radius 3 is 2.37 bits per heavy atom. The number of carbonyl (C=O) groups excluding carboxylic acids is 1. The molecule has 6 heteroatoms. The van der Waals surface area contributed by atoms with E-state index in [1.54, 1.807) is 24.3 Å². The van der Waals surface area contributed by atoms with Crippen molar-refractivity contribution in [2.24, 2.45) is 0 Å². The Bertz CT molecular complexity index is 882. The number of hydrogen-bond acceptors (Lipinski definition) is 2. The van der Waals surface area contributed by atoms with Crippen molar-refractivity contribution < 1.29 is 9.18 Å². The Hall–Kier alpha value is -2.66. The summed E-state index contributed by atoms with van der Waals surface area (Å²) in [4.78, 5) is 19.1. The predicted octanol–water partition coefficient (Wildman–Crippen LogP) is 4.50.